The van der Waals surface area contributed by atoms with Crippen LogP contribution >= 0.6 is 11.8 Å². The van der Waals surface area contributed by atoms with Crippen LogP contribution in [-0.4, -0.2) is 41.4 Å². The number of hydrogen-bond donors (Lipinski definition) is 1. The highest BCUT2D eigenvalue weighted by Crippen LogP contribution is 2.27. The Hall–Kier alpha value is -2.85. The van der Waals surface area contributed by atoms with E-state index in [9.17, 15) is 13.2 Å². The van der Waals surface area contributed by atoms with Gasteiger partial charge in [0.2, 0.25) is 5.91 Å². The smallest absolute Gasteiger partial charge is 0.237 e. The second-order valence-corrected chi connectivity index (χ2v) is 10.6. The van der Waals surface area contributed by atoms with Crippen LogP contribution < -0.4 is 10.1 Å². The molecular formula is C23H28N4O4S2. The van der Waals surface area contributed by atoms with Crippen molar-refractivity contribution >= 4 is 33.2 Å². The number of aryl methyl sites for hydroxylation is 1. The summed E-state index contributed by atoms with van der Waals surface area (Å²) in [4.78, 5) is 13.1. The number of aromatic nitrogens is 3. The maximum absolute atomic E-state index is 12.9. The van der Waals surface area contributed by atoms with Gasteiger partial charge in [0.15, 0.2) is 15.0 Å². The van der Waals surface area contributed by atoms with Crippen molar-refractivity contribution in [2.24, 2.45) is 0 Å². The molecule has 33 heavy (non-hydrogen) atoms. The molecule has 0 aliphatic heterocycles. The van der Waals surface area contributed by atoms with Crippen molar-refractivity contribution in [1.29, 1.82) is 0 Å². The topological polar surface area (TPSA) is 103 Å². The van der Waals surface area contributed by atoms with Gasteiger partial charge in [0.25, 0.3) is 0 Å². The third-order valence-corrected chi connectivity index (χ3v) is 8.05. The van der Waals surface area contributed by atoms with Gasteiger partial charge in [-0.3, -0.25) is 4.79 Å². The minimum Gasteiger partial charge on any atom is -0.497 e. The molecule has 1 atom stereocenters. The van der Waals surface area contributed by atoms with E-state index in [1.165, 1.54) is 11.8 Å². The van der Waals surface area contributed by atoms with Crippen LogP contribution in [-0.2, 0) is 26.9 Å². The monoisotopic (exact) mass is 488 g/mol. The zero-order chi connectivity index (χ0) is 24.0. The molecule has 1 heterocycles. The first kappa shape index (κ1) is 24.8. The number of carbonyl (C=O) groups is 1. The average molecular weight is 489 g/mol. The number of benzene rings is 2. The van der Waals surface area contributed by atoms with Gasteiger partial charge in [-0.05, 0) is 56.7 Å². The lowest BCUT2D eigenvalue weighted by Crippen LogP contribution is -2.25. The van der Waals surface area contributed by atoms with Crippen molar-refractivity contribution < 1.29 is 17.9 Å². The van der Waals surface area contributed by atoms with Crippen LogP contribution in [0.4, 0.5) is 5.69 Å². The summed E-state index contributed by atoms with van der Waals surface area (Å²) >= 11 is 1.28. The van der Waals surface area contributed by atoms with Gasteiger partial charge in [-0.15, -0.1) is 10.2 Å². The molecule has 1 aromatic heterocycles. The Kier molecular flexibility index (Phi) is 8.15. The van der Waals surface area contributed by atoms with Crippen LogP contribution in [0.5, 0.6) is 5.75 Å². The summed E-state index contributed by atoms with van der Waals surface area (Å²) in [5.74, 6) is 0.642. The fourth-order valence-electron chi connectivity index (χ4n) is 3.18. The van der Waals surface area contributed by atoms with Crippen molar-refractivity contribution in [2.45, 2.75) is 54.8 Å². The molecule has 1 N–H and O–H groups in total. The molecule has 0 fully saturated rings. The van der Waals surface area contributed by atoms with Crippen molar-refractivity contribution in [3.63, 3.8) is 0 Å². The normalized spacial score (nSPS) is 12.4. The molecule has 176 valence electrons. The highest BCUT2D eigenvalue weighted by atomic mass is 32.2. The van der Waals surface area contributed by atoms with Gasteiger partial charge < -0.3 is 14.6 Å². The van der Waals surface area contributed by atoms with Crippen molar-refractivity contribution in [3.05, 3.63) is 59.9 Å². The highest BCUT2D eigenvalue weighted by molar-refractivity contribution is 8.00. The molecule has 0 radical (unpaired) electrons. The van der Waals surface area contributed by atoms with Crippen molar-refractivity contribution in [1.82, 2.24) is 14.8 Å². The molecule has 1 unspecified atom stereocenters. The molecule has 10 heteroatoms. The highest BCUT2D eigenvalue weighted by Gasteiger charge is 2.25. The van der Waals surface area contributed by atoms with E-state index < -0.39 is 15.1 Å². The zero-order valence-electron chi connectivity index (χ0n) is 19.1. The minimum absolute atomic E-state index is 0.160. The largest absolute Gasteiger partial charge is 0.497 e. The summed E-state index contributed by atoms with van der Waals surface area (Å²) < 4.78 is 32.6. The Morgan fingerprint density at radius 3 is 2.33 bits per heavy atom. The summed E-state index contributed by atoms with van der Waals surface area (Å²) in [6.45, 7) is 6.21. The first-order valence-corrected chi connectivity index (χ1v) is 13.1. The lowest BCUT2D eigenvalue weighted by atomic mass is 10.2. The maximum atomic E-state index is 12.9. The van der Waals surface area contributed by atoms with Crippen LogP contribution in [0.2, 0.25) is 0 Å². The van der Waals surface area contributed by atoms with Crippen LogP contribution in [0.25, 0.3) is 0 Å². The number of methoxy groups -OCH3 is 1. The lowest BCUT2D eigenvalue weighted by molar-refractivity contribution is -0.115. The number of nitrogens with one attached hydrogen (secondary N) is 1. The second kappa shape index (κ2) is 10.8. The summed E-state index contributed by atoms with van der Waals surface area (Å²) in [5, 5.41) is 11.3. The van der Waals surface area contributed by atoms with E-state index in [4.69, 9.17) is 4.74 Å². The first-order valence-electron chi connectivity index (χ1n) is 10.6. The molecule has 3 aromatic rings. The third-order valence-electron chi connectivity index (χ3n) is 5.08. The van der Waals surface area contributed by atoms with Gasteiger partial charge in [-0.2, -0.15) is 0 Å². The molecule has 3 rings (SSSR count). The Labute approximate surface area is 198 Å². The number of thioether (sulfide) groups is 1. The van der Waals surface area contributed by atoms with Gasteiger partial charge in [0, 0.05) is 12.2 Å². The maximum Gasteiger partial charge on any atom is 0.237 e. The third kappa shape index (κ3) is 6.14. The minimum atomic E-state index is -3.57. The molecule has 0 aliphatic carbocycles. The standard InChI is InChI=1S/C23H28N4O4S2/c1-5-20(22(28)24-17-9-11-18(31-4)12-10-17)32-23-26-25-21(27(23)6-2)15-33(29,30)19-13-7-16(3)8-14-19/h7-14,20H,5-6,15H2,1-4H3,(H,24,28). The van der Waals surface area contributed by atoms with E-state index >= 15 is 0 Å². The Morgan fingerprint density at radius 2 is 1.76 bits per heavy atom. The van der Waals surface area contributed by atoms with Crippen LogP contribution in [0.1, 0.15) is 31.7 Å². The number of anilines is 1. The number of nitrogens with zero attached hydrogens (tertiary/aromatic N) is 3. The van der Waals surface area contributed by atoms with Crippen LogP contribution in [0, 0.1) is 6.92 Å². The summed E-state index contributed by atoms with van der Waals surface area (Å²) in [6.07, 6.45) is 0.570. The summed E-state index contributed by atoms with van der Waals surface area (Å²) in [6, 6.07) is 13.8. The number of amides is 1. The second-order valence-electron chi connectivity index (χ2n) is 7.45. The molecule has 0 bridgehead atoms. The van der Waals surface area contributed by atoms with Gasteiger partial charge in [-0.1, -0.05) is 36.4 Å². The first-order chi connectivity index (χ1) is 15.8. The van der Waals surface area contributed by atoms with Gasteiger partial charge in [-0.25, -0.2) is 8.42 Å². The van der Waals surface area contributed by atoms with Gasteiger partial charge in [0.05, 0.1) is 17.3 Å². The fourth-order valence-corrected chi connectivity index (χ4v) is 5.48. The lowest BCUT2D eigenvalue weighted by Gasteiger charge is -2.15. The Balaban J connectivity index is 1.74. The molecule has 0 saturated heterocycles. The van der Waals surface area contributed by atoms with Crippen molar-refractivity contribution in [2.75, 3.05) is 12.4 Å². The van der Waals surface area contributed by atoms with E-state index in [1.54, 1.807) is 60.2 Å². The van der Waals surface area contributed by atoms with Gasteiger partial charge >= 0.3 is 0 Å². The van der Waals surface area contributed by atoms with Crippen LogP contribution in [0.3, 0.4) is 0 Å². The fraction of sp³-hybridized carbons (Fsp3) is 0.348. The zero-order valence-corrected chi connectivity index (χ0v) is 20.7. The van der Waals surface area contributed by atoms with Crippen molar-refractivity contribution in [3.8, 4) is 5.75 Å². The van der Waals surface area contributed by atoms with E-state index in [2.05, 4.69) is 15.5 Å². The van der Waals surface area contributed by atoms with E-state index in [0.29, 0.717) is 35.4 Å². The molecule has 8 nitrogen and oxygen atoms in total. The van der Waals surface area contributed by atoms with Crippen LogP contribution in [0.15, 0.2) is 58.6 Å². The average Bonchev–Trinajstić information content (AvgIpc) is 3.18. The number of ether oxygens (including phenoxy) is 1. The molecular weight excluding hydrogens is 460 g/mol. The molecule has 0 aliphatic rings. The molecule has 2 aromatic carbocycles. The quantitative estimate of drug-likeness (QED) is 0.429. The predicted molar refractivity (Wildman–Crippen MR) is 129 cm³/mol. The molecule has 0 saturated carbocycles. The molecule has 1 amide bonds. The number of carbonyl (C=O) groups excluding carboxylic acids is 1. The summed E-state index contributed by atoms with van der Waals surface area (Å²) in [7, 11) is -1.98. The van der Waals surface area contributed by atoms with E-state index in [-0.39, 0.29) is 16.6 Å². The predicted octanol–water partition coefficient (Wildman–Crippen LogP) is 4.10. The Bertz CT molecular complexity index is 1190. The van der Waals surface area contributed by atoms with E-state index in [1.807, 2.05) is 20.8 Å². The van der Waals surface area contributed by atoms with E-state index in [0.717, 1.165) is 5.56 Å². The SMILES string of the molecule is CCC(Sc1nnc(CS(=O)(=O)c2ccc(C)cc2)n1CC)C(=O)Nc1ccc(OC)cc1. The number of rotatable bonds is 10. The Morgan fingerprint density at radius 1 is 1.09 bits per heavy atom. The number of hydrogen-bond acceptors (Lipinski definition) is 7. The summed E-state index contributed by atoms with van der Waals surface area (Å²) in [5.41, 5.74) is 1.66. The van der Waals surface area contributed by atoms with Gasteiger partial charge in [0.1, 0.15) is 17.3 Å². The number of sulfone groups is 1. The molecule has 0 spiro atoms.